The predicted octanol–water partition coefficient (Wildman–Crippen LogP) is -13.6. The molecule has 0 spiro atoms. The third-order valence-corrected chi connectivity index (χ3v) is 25.5. The topological polar surface area (TPSA) is 900 Å². The normalized spacial score (nSPS) is 26.8. The van der Waals surface area contributed by atoms with Crippen molar-refractivity contribution < 1.29 is 211 Å². The summed E-state index contributed by atoms with van der Waals surface area (Å²) in [4.78, 5) is 233. The maximum Gasteiger partial charge on any atom is 0.407 e. The van der Waals surface area contributed by atoms with Crippen LogP contribution in [0, 0.1) is 5.92 Å². The van der Waals surface area contributed by atoms with Crippen molar-refractivity contribution in [3.63, 3.8) is 0 Å². The maximum absolute atomic E-state index is 15.6. The Labute approximate surface area is 854 Å². The molecule has 2 aromatic rings. The van der Waals surface area contributed by atoms with Crippen molar-refractivity contribution in [2.45, 2.75) is 301 Å². The number of ether oxygens (including phenoxy) is 9. The summed E-state index contributed by atoms with van der Waals surface area (Å²) >= 11 is 1.90. The van der Waals surface area contributed by atoms with Gasteiger partial charge in [-0.3, -0.25) is 76.7 Å². The molecule has 7 rings (SSSR count). The highest BCUT2D eigenvalue weighted by Crippen LogP contribution is 2.45. The largest absolute Gasteiger partial charge is 0.481 e. The zero-order valence-electron chi connectivity index (χ0n) is 81.8. The number of rotatable bonds is 56. The lowest BCUT2D eigenvalue weighted by Gasteiger charge is -2.49. The summed E-state index contributed by atoms with van der Waals surface area (Å²) in [5.41, 5.74) is 8.71. The summed E-state index contributed by atoms with van der Waals surface area (Å²) < 4.78 is 53.2. The molecule has 0 saturated carbocycles. The van der Waals surface area contributed by atoms with Crippen LogP contribution < -0.4 is 74.9 Å². The number of nitrogens with one attached hydrogen (secondary N) is 13. The number of primary amides is 1. The van der Waals surface area contributed by atoms with Crippen molar-refractivity contribution in [3.8, 4) is 11.1 Å². The molecular formula is C89H134N14O43S2. The Morgan fingerprint density at radius 3 is 1.38 bits per heavy atom. The molecule has 59 heteroatoms. The highest BCUT2D eigenvalue weighted by Gasteiger charge is 2.56. The maximum atomic E-state index is 15.6. The number of carboxylic acids is 2. The average Bonchev–Trinajstić information content (AvgIpc) is 1.59. The van der Waals surface area contributed by atoms with Gasteiger partial charge in [0.2, 0.25) is 81.9 Å². The van der Waals surface area contributed by atoms with Crippen LogP contribution in [0.5, 0.6) is 0 Å². The van der Waals surface area contributed by atoms with Crippen LogP contribution in [-0.4, -0.2) is 459 Å². The molecule has 57 nitrogen and oxygen atoms in total. The molecule has 148 heavy (non-hydrogen) atoms. The quantitative estimate of drug-likeness (QED) is 0.0292. The number of benzene rings is 2. The Balaban J connectivity index is 1.23. The fourth-order valence-corrected chi connectivity index (χ4v) is 17.3. The zero-order valence-corrected chi connectivity index (χ0v) is 83.4. The second-order valence-electron chi connectivity index (χ2n) is 36.0. The Morgan fingerprint density at radius 1 is 0.426 bits per heavy atom. The number of amides is 14. The number of aliphatic hydroxyl groups excluding tert-OH is 15. The van der Waals surface area contributed by atoms with Gasteiger partial charge in [-0.25, -0.2) is 4.79 Å². The van der Waals surface area contributed by atoms with Gasteiger partial charge in [0.25, 0.3) is 0 Å². The standard InChI is InChI=1S/C89H134N14O43S2/c1-34(2)24-48(78(130)95-46(18-19-57(114)115)77(129)103-62(38(6)110)84(136)98-50(27-104)80(132)102-60(36(4)108)82(134)91-26-59(118)148-23-21-56(90)113)96-81(133)51(99-79(131)49(25-58(116)117)97-83(135)61(37(5)109)101-75(127)35(3)92-76(128)47(20-22-147-9)100-89(137)140-31-45-43-16-12-10-14-41(43)42-15-11-13-17-44(42)45)32-138-86-64(94-40(8)112)74(146-88-72(126)70(124)66(120)53(29-106)142-88)67(121)55(144-86)33-139-85-63(93-39(7)111)68(122)73(54(30-107)143-85)145-87-71(125)69(123)65(119)52(28-105)141-87/h10-17,34-38,45-55,60-74,85-88,104-110,119-126H,18-33H2,1-9H3,(H2,90,113)(H,91,134)(H,92,128)(H,93,111)(H,94,112)(H,95,130)(H,96,133)(H,97,135)(H,98,136)(H,99,131)(H,100,137)(H,101,127)(H,102,132)(H,103,129)(H,114,115)(H,116,117)/t35-,36+,37+,38+,46-,47-,48-,49-,50-,51-,52+,53+,54+,55+,60-,61-,62-,63+,64+,65-,66-,67-,68+,69-,70-,71+,72+,73+,74+,85+,86-,87-,88-/m0/s1. The van der Waals surface area contributed by atoms with Crippen molar-refractivity contribution in [2.24, 2.45) is 11.7 Å². The molecule has 32 N–H and O–H groups in total. The molecule has 4 heterocycles. The van der Waals surface area contributed by atoms with E-state index in [9.17, 15) is 154 Å². The second kappa shape index (κ2) is 59.1. The van der Waals surface area contributed by atoms with Crippen LogP contribution in [0.4, 0.5) is 4.79 Å². The van der Waals surface area contributed by atoms with Crippen LogP contribution in [0.25, 0.3) is 11.1 Å². The number of fused-ring (bicyclic) bond motifs is 3. The number of hydrogen-bond acceptors (Lipinski definition) is 43. The van der Waals surface area contributed by atoms with E-state index >= 15 is 14.4 Å². The van der Waals surface area contributed by atoms with Crippen LogP contribution in [-0.2, 0) is 119 Å². The summed E-state index contributed by atoms with van der Waals surface area (Å²) in [7, 11) is 0. The predicted molar refractivity (Wildman–Crippen MR) is 504 cm³/mol. The van der Waals surface area contributed by atoms with Gasteiger partial charge in [-0.05, 0) is 87.1 Å². The third-order valence-electron chi connectivity index (χ3n) is 24.0. The molecule has 2 aromatic carbocycles. The van der Waals surface area contributed by atoms with Crippen LogP contribution in [0.3, 0.4) is 0 Å². The zero-order chi connectivity index (χ0) is 110. The SMILES string of the molecule is CSCC[C@H](NC(=O)OCC1c2ccccc2-c2ccccc21)C(=O)N[C@@H](C)C(=O)N[C@H](C(=O)N[C@@H](CC(=O)O)C(=O)N[C@@H](CO[C@H]1O[C@H](CO[C@@H]2O[C@H](CO)[C@@H](O[C@@H]3O[C@H](CO)[C@H](O)[C@H](O)[C@H]3O)[C@H](O)[C@H]2NC(C)=O)[C@H](O)[C@H](O[C@@H]2O[C@H](CO)[C@H](O)[C@H](O)[C@H]2O)[C@H]1NC(C)=O)C(=O)N[C@@H](CC(C)C)C(=O)N[C@@H](CCC(=O)O)C(=O)N[C@H](C(=O)N[C@@H](CO)C(=O)N[C@H](C(=O)NCC(=O)SCCC(N)=O)[C@@H](C)O)[C@@H](C)O)[C@@H](C)O. The average molecular weight is 2150 g/mol. The fourth-order valence-electron chi connectivity index (χ4n) is 16.2. The van der Waals surface area contributed by atoms with Gasteiger partial charge in [0.05, 0.1) is 70.9 Å². The van der Waals surface area contributed by atoms with Gasteiger partial charge in [-0.1, -0.05) is 74.1 Å². The van der Waals surface area contributed by atoms with Crippen LogP contribution in [0.1, 0.15) is 111 Å². The van der Waals surface area contributed by atoms with E-state index in [4.69, 9.17) is 48.4 Å². The fraction of sp³-hybridized carbons (Fsp3) is 0.674. The first-order chi connectivity index (χ1) is 69.8. The number of aliphatic carboxylic acids is 2. The van der Waals surface area contributed by atoms with Crippen molar-refractivity contribution >= 4 is 123 Å². The van der Waals surface area contributed by atoms with Gasteiger partial charge in [0.15, 0.2) is 25.2 Å². The van der Waals surface area contributed by atoms with Gasteiger partial charge in [-0.15, -0.1) is 0 Å². The molecule has 0 unspecified atom stereocenters. The molecule has 14 amide bonds. The second-order valence-corrected chi connectivity index (χ2v) is 38.1. The summed E-state index contributed by atoms with van der Waals surface area (Å²) in [6.07, 6.45) is -46.8. The first-order valence-corrected chi connectivity index (χ1v) is 49.3. The van der Waals surface area contributed by atoms with E-state index < -0.39 is 379 Å². The first-order valence-electron chi connectivity index (χ1n) is 46.9. The Morgan fingerprint density at radius 2 is 0.872 bits per heavy atom. The molecule has 1 aliphatic carbocycles. The lowest BCUT2D eigenvalue weighted by atomic mass is 9.94. The number of nitrogens with two attached hydrogens (primary N) is 1. The van der Waals surface area contributed by atoms with Gasteiger partial charge in [0, 0.05) is 38.4 Å². The smallest absolute Gasteiger partial charge is 0.407 e. The molecule has 5 aliphatic rings. The molecule has 4 aliphatic heterocycles. The molecular weight excluding hydrogens is 2020 g/mol. The van der Waals surface area contributed by atoms with E-state index in [0.29, 0.717) is 11.8 Å². The lowest BCUT2D eigenvalue weighted by molar-refractivity contribution is -0.357. The molecule has 0 bridgehead atoms. The summed E-state index contributed by atoms with van der Waals surface area (Å²) in [5.74, 6) is -21.3. The van der Waals surface area contributed by atoms with E-state index in [-0.39, 0.29) is 36.9 Å². The van der Waals surface area contributed by atoms with Crippen LogP contribution in [0.15, 0.2) is 48.5 Å². The Kier molecular flexibility index (Phi) is 49.6. The van der Waals surface area contributed by atoms with Crippen molar-refractivity contribution in [2.75, 3.05) is 70.6 Å². The Bertz CT molecular complexity index is 4800. The Hall–Kier alpha value is -10.8. The molecule has 4 fully saturated rings. The van der Waals surface area contributed by atoms with Gasteiger partial charge < -0.3 is 204 Å². The third kappa shape index (κ3) is 35.4. The summed E-state index contributed by atoms with van der Waals surface area (Å²) in [6, 6.07) is -9.70. The number of carbonyl (C=O) groups is 17. The molecule has 33 atom stereocenters. The molecule has 830 valence electrons. The van der Waals surface area contributed by atoms with E-state index in [0.717, 1.165) is 63.8 Å². The highest BCUT2D eigenvalue weighted by molar-refractivity contribution is 8.13. The number of alkyl carbamates (subject to hydrolysis) is 1. The molecule has 0 aromatic heterocycles. The molecule has 0 radical (unpaired) electrons. The minimum atomic E-state index is -2.53. The highest BCUT2D eigenvalue weighted by atomic mass is 32.2. The number of hydrogen-bond donors (Lipinski definition) is 31. The van der Waals surface area contributed by atoms with Gasteiger partial charge in [-0.2, -0.15) is 11.8 Å². The van der Waals surface area contributed by atoms with Crippen molar-refractivity contribution in [1.29, 1.82) is 0 Å². The van der Waals surface area contributed by atoms with Crippen molar-refractivity contribution in [3.05, 3.63) is 59.7 Å². The van der Waals surface area contributed by atoms with E-state index in [1.807, 2.05) is 53.8 Å². The number of carboxylic acid groups (broad SMARTS) is 2. The van der Waals surface area contributed by atoms with E-state index in [2.05, 4.69) is 63.8 Å². The monoisotopic (exact) mass is 2150 g/mol. The van der Waals surface area contributed by atoms with Crippen LogP contribution >= 0.6 is 23.5 Å². The summed E-state index contributed by atoms with van der Waals surface area (Å²) in [5, 5.41) is 213. The van der Waals surface area contributed by atoms with E-state index in [1.165, 1.54) is 25.6 Å². The number of aliphatic hydroxyl groups is 15. The van der Waals surface area contributed by atoms with Gasteiger partial charge >= 0.3 is 18.0 Å². The lowest BCUT2D eigenvalue weighted by Crippen LogP contribution is -2.69. The number of thioether (sulfide) groups is 2. The van der Waals surface area contributed by atoms with Gasteiger partial charge in [0.1, 0.15) is 165 Å². The van der Waals surface area contributed by atoms with Crippen molar-refractivity contribution in [1.82, 2.24) is 69.1 Å². The minimum absolute atomic E-state index is 0.0302. The molecule has 4 saturated heterocycles. The van der Waals surface area contributed by atoms with E-state index in [1.54, 1.807) is 6.26 Å². The number of carbonyl (C=O) groups excluding carboxylic acids is 15. The summed E-state index contributed by atoms with van der Waals surface area (Å²) in [6.45, 7) is 0.738. The minimum Gasteiger partial charge on any atom is -0.481 e. The first kappa shape index (κ1) is 124. The van der Waals surface area contributed by atoms with Crippen LogP contribution in [0.2, 0.25) is 0 Å².